The molecule has 0 aliphatic carbocycles. The summed E-state index contributed by atoms with van der Waals surface area (Å²) >= 11 is 2.26. The summed E-state index contributed by atoms with van der Waals surface area (Å²) in [5.41, 5.74) is 3.26. The third-order valence-corrected chi connectivity index (χ3v) is 5.16. The number of halogens is 1. The van der Waals surface area contributed by atoms with Crippen LogP contribution in [0.15, 0.2) is 54.7 Å². The maximum Gasteiger partial charge on any atom is 0.189 e. The molecule has 28 heavy (non-hydrogen) atoms. The zero-order chi connectivity index (χ0) is 20.1. The molecular weight excluding hydrogens is 467 g/mol. The summed E-state index contributed by atoms with van der Waals surface area (Å²) in [6.45, 7) is 2.25. The van der Waals surface area contributed by atoms with Gasteiger partial charge in [0.15, 0.2) is 5.78 Å². The van der Waals surface area contributed by atoms with E-state index in [2.05, 4.69) is 27.7 Å². The van der Waals surface area contributed by atoms with Gasteiger partial charge in [0.05, 0.1) is 18.9 Å². The fourth-order valence-corrected chi connectivity index (χ4v) is 3.07. The molecular formula is C22H21IN2O3. The van der Waals surface area contributed by atoms with E-state index in [1.54, 1.807) is 30.1 Å². The van der Waals surface area contributed by atoms with Gasteiger partial charge in [-0.1, -0.05) is 12.1 Å². The number of ketones is 1. The molecule has 0 aliphatic rings. The van der Waals surface area contributed by atoms with Gasteiger partial charge in [-0.05, 0) is 77.6 Å². The fourth-order valence-electron chi connectivity index (χ4n) is 2.71. The molecule has 3 rings (SSSR count). The number of nitrogens with zero attached hydrogens (tertiary/aromatic N) is 2. The van der Waals surface area contributed by atoms with E-state index in [1.165, 1.54) is 0 Å². The number of methoxy groups -OCH3 is 1. The van der Waals surface area contributed by atoms with Gasteiger partial charge >= 0.3 is 0 Å². The number of hydrogen-bond donors (Lipinski definition) is 0. The first-order valence-corrected chi connectivity index (χ1v) is 9.82. The molecule has 0 fully saturated rings. The molecule has 1 aromatic heterocycles. The quantitative estimate of drug-likeness (QED) is 0.272. The Morgan fingerprint density at radius 2 is 1.96 bits per heavy atom. The molecule has 0 unspecified atom stereocenters. The number of aromatic nitrogens is 2. The van der Waals surface area contributed by atoms with Crippen LogP contribution in [0.4, 0.5) is 0 Å². The Labute approximate surface area is 178 Å². The number of rotatable bonds is 7. The van der Waals surface area contributed by atoms with E-state index >= 15 is 0 Å². The number of benzene rings is 2. The molecule has 0 N–H and O–H groups in total. The predicted molar refractivity (Wildman–Crippen MR) is 118 cm³/mol. The van der Waals surface area contributed by atoms with E-state index in [1.807, 2.05) is 56.4 Å². The highest BCUT2D eigenvalue weighted by atomic mass is 127. The zero-order valence-electron chi connectivity index (χ0n) is 16.0. The SMILES string of the molecule is COc1ccc(/C=C/C(=O)c2cnn(C)c2C)cc1COc1ccc(I)cc1. The lowest BCUT2D eigenvalue weighted by molar-refractivity contribution is 0.104. The molecule has 0 saturated heterocycles. The summed E-state index contributed by atoms with van der Waals surface area (Å²) in [6.07, 6.45) is 4.95. The summed E-state index contributed by atoms with van der Waals surface area (Å²) < 4.78 is 14.2. The zero-order valence-corrected chi connectivity index (χ0v) is 18.1. The lowest BCUT2D eigenvalue weighted by atomic mass is 10.1. The Hall–Kier alpha value is -2.61. The van der Waals surface area contributed by atoms with Crippen molar-refractivity contribution >= 4 is 34.5 Å². The highest BCUT2D eigenvalue weighted by Gasteiger charge is 2.10. The molecule has 1 heterocycles. The second-order valence-electron chi connectivity index (χ2n) is 6.28. The van der Waals surface area contributed by atoms with Crippen molar-refractivity contribution in [2.75, 3.05) is 7.11 Å². The molecule has 0 spiro atoms. The lowest BCUT2D eigenvalue weighted by Crippen LogP contribution is -2.00. The first-order valence-electron chi connectivity index (χ1n) is 8.74. The highest BCUT2D eigenvalue weighted by molar-refractivity contribution is 14.1. The molecule has 5 nitrogen and oxygen atoms in total. The van der Waals surface area contributed by atoms with Crippen LogP contribution in [0, 0.1) is 10.5 Å². The lowest BCUT2D eigenvalue weighted by Gasteiger charge is -2.11. The van der Waals surface area contributed by atoms with Crippen LogP contribution in [0.3, 0.4) is 0 Å². The van der Waals surface area contributed by atoms with Crippen LogP contribution in [0.2, 0.25) is 0 Å². The van der Waals surface area contributed by atoms with Crippen LogP contribution >= 0.6 is 22.6 Å². The first-order chi connectivity index (χ1) is 13.5. The van der Waals surface area contributed by atoms with Gasteiger partial charge in [0.25, 0.3) is 0 Å². The summed E-state index contributed by atoms with van der Waals surface area (Å²) in [5, 5.41) is 4.12. The van der Waals surface area contributed by atoms with Crippen LogP contribution < -0.4 is 9.47 Å². The van der Waals surface area contributed by atoms with E-state index in [-0.39, 0.29) is 5.78 Å². The van der Waals surface area contributed by atoms with Crippen LogP contribution in [0.1, 0.15) is 27.2 Å². The maximum atomic E-state index is 12.4. The number of aryl methyl sites for hydroxylation is 1. The highest BCUT2D eigenvalue weighted by Crippen LogP contribution is 2.23. The Bertz CT molecular complexity index is 1010. The van der Waals surface area contributed by atoms with Crippen molar-refractivity contribution in [2.45, 2.75) is 13.5 Å². The molecule has 3 aromatic rings. The second-order valence-corrected chi connectivity index (χ2v) is 7.52. The molecule has 0 amide bonds. The average molecular weight is 488 g/mol. The van der Waals surface area contributed by atoms with E-state index < -0.39 is 0 Å². The van der Waals surface area contributed by atoms with E-state index in [9.17, 15) is 4.79 Å². The topological polar surface area (TPSA) is 53.3 Å². The molecule has 144 valence electrons. The summed E-state index contributed by atoms with van der Waals surface area (Å²) in [4.78, 5) is 12.4. The van der Waals surface area contributed by atoms with Crippen molar-refractivity contribution in [2.24, 2.45) is 7.05 Å². The molecule has 6 heteroatoms. The molecule has 0 radical (unpaired) electrons. The molecule has 2 aromatic carbocycles. The maximum absolute atomic E-state index is 12.4. The number of carbonyl (C=O) groups is 1. The minimum Gasteiger partial charge on any atom is -0.496 e. The Balaban J connectivity index is 1.75. The van der Waals surface area contributed by atoms with Gasteiger partial charge in [0.2, 0.25) is 0 Å². The van der Waals surface area contributed by atoms with Crippen molar-refractivity contribution in [3.63, 3.8) is 0 Å². The van der Waals surface area contributed by atoms with Gasteiger partial charge in [-0.15, -0.1) is 0 Å². The van der Waals surface area contributed by atoms with Crippen molar-refractivity contribution in [1.29, 1.82) is 0 Å². The van der Waals surface area contributed by atoms with Crippen LogP contribution in [0.25, 0.3) is 6.08 Å². The number of carbonyl (C=O) groups excluding carboxylic acids is 1. The van der Waals surface area contributed by atoms with Gasteiger partial charge in [0.1, 0.15) is 18.1 Å². The Morgan fingerprint density at radius 3 is 2.61 bits per heavy atom. The van der Waals surface area contributed by atoms with Crippen molar-refractivity contribution in [3.8, 4) is 11.5 Å². The minimum atomic E-state index is -0.0712. The molecule has 0 bridgehead atoms. The van der Waals surface area contributed by atoms with Crippen LogP contribution in [-0.2, 0) is 13.7 Å². The second kappa shape index (κ2) is 9.05. The fraction of sp³-hybridized carbons (Fsp3) is 0.182. The summed E-state index contributed by atoms with van der Waals surface area (Å²) in [7, 11) is 3.45. The molecule has 0 aliphatic heterocycles. The number of allylic oxidation sites excluding steroid dienone is 1. The monoisotopic (exact) mass is 488 g/mol. The number of hydrogen-bond acceptors (Lipinski definition) is 4. The summed E-state index contributed by atoms with van der Waals surface area (Å²) in [6, 6.07) is 13.6. The Morgan fingerprint density at radius 1 is 1.21 bits per heavy atom. The Kier molecular flexibility index (Phi) is 6.51. The third kappa shape index (κ3) is 4.81. The summed E-state index contributed by atoms with van der Waals surface area (Å²) in [5.74, 6) is 1.47. The van der Waals surface area contributed by atoms with Crippen molar-refractivity contribution in [1.82, 2.24) is 9.78 Å². The van der Waals surface area contributed by atoms with Crippen molar-refractivity contribution < 1.29 is 14.3 Å². The van der Waals surface area contributed by atoms with Gasteiger partial charge in [-0.25, -0.2) is 0 Å². The third-order valence-electron chi connectivity index (χ3n) is 4.44. The van der Waals surface area contributed by atoms with Gasteiger partial charge < -0.3 is 9.47 Å². The van der Waals surface area contributed by atoms with Gasteiger partial charge in [-0.3, -0.25) is 9.48 Å². The average Bonchev–Trinajstić information content (AvgIpc) is 3.04. The molecule has 0 saturated carbocycles. The van der Waals surface area contributed by atoms with Crippen molar-refractivity contribution in [3.05, 3.63) is 80.7 Å². The van der Waals surface area contributed by atoms with E-state index in [0.29, 0.717) is 12.2 Å². The predicted octanol–water partition coefficient (Wildman–Crippen LogP) is 4.82. The van der Waals surface area contributed by atoms with Gasteiger partial charge in [-0.2, -0.15) is 5.10 Å². The van der Waals surface area contributed by atoms with Gasteiger partial charge in [0, 0.05) is 21.9 Å². The largest absolute Gasteiger partial charge is 0.496 e. The van der Waals surface area contributed by atoms with E-state index in [4.69, 9.17) is 9.47 Å². The minimum absolute atomic E-state index is 0.0712. The van der Waals surface area contributed by atoms with Crippen LogP contribution in [-0.4, -0.2) is 22.7 Å². The smallest absolute Gasteiger partial charge is 0.189 e. The standard InChI is InChI=1S/C22H21IN2O3/c1-15-20(13-24-25(15)2)21(26)10-4-16-5-11-22(27-3)17(12-16)14-28-19-8-6-18(23)7-9-19/h4-13H,14H2,1-3H3/b10-4+. The molecule has 0 atom stereocenters. The first kappa shape index (κ1) is 20.1. The normalized spacial score (nSPS) is 11.0. The van der Waals surface area contributed by atoms with Crippen LogP contribution in [0.5, 0.6) is 11.5 Å². The van der Waals surface area contributed by atoms with E-state index in [0.717, 1.165) is 31.9 Å². The number of ether oxygens (including phenoxy) is 2.